The minimum atomic E-state index is -0.470. The van der Waals surface area contributed by atoms with Crippen molar-refractivity contribution in [1.82, 2.24) is 20.4 Å². The predicted molar refractivity (Wildman–Crippen MR) is 114 cm³/mol. The van der Waals surface area contributed by atoms with Crippen molar-refractivity contribution in [1.29, 1.82) is 0 Å². The monoisotopic (exact) mass is 410 g/mol. The van der Waals surface area contributed by atoms with Gasteiger partial charge < -0.3 is 15.4 Å². The molecule has 0 bridgehead atoms. The maximum Gasteiger partial charge on any atom is 0.261 e. The highest BCUT2D eigenvalue weighted by atomic mass is 16.5. The van der Waals surface area contributed by atoms with Crippen molar-refractivity contribution in [2.75, 3.05) is 6.54 Å². The molecule has 0 fully saturated rings. The van der Waals surface area contributed by atoms with Crippen molar-refractivity contribution >= 4 is 11.8 Å². The van der Waals surface area contributed by atoms with Crippen LogP contribution in [0.2, 0.25) is 0 Å². The van der Waals surface area contributed by atoms with Crippen LogP contribution >= 0.6 is 0 Å². The van der Waals surface area contributed by atoms with Crippen LogP contribution in [0.4, 0.5) is 0 Å². The molecule has 160 valence electrons. The zero-order valence-corrected chi connectivity index (χ0v) is 18.1. The van der Waals surface area contributed by atoms with E-state index in [1.807, 2.05) is 24.6 Å². The summed E-state index contributed by atoms with van der Waals surface area (Å²) in [5.74, 6) is 0.939. The van der Waals surface area contributed by atoms with E-state index in [-0.39, 0.29) is 23.8 Å². The van der Waals surface area contributed by atoms with E-state index < -0.39 is 6.10 Å². The molecular weight excluding hydrogens is 380 g/mol. The molecule has 2 N–H and O–H groups in total. The van der Waals surface area contributed by atoms with Crippen LogP contribution in [-0.2, 0) is 24.2 Å². The van der Waals surface area contributed by atoms with E-state index in [4.69, 9.17) is 4.74 Å². The van der Waals surface area contributed by atoms with Crippen molar-refractivity contribution < 1.29 is 14.3 Å². The number of nitrogens with zero attached hydrogens (tertiary/aromatic N) is 2. The molecule has 7 nitrogen and oxygen atoms in total. The summed E-state index contributed by atoms with van der Waals surface area (Å²) in [4.78, 5) is 25.1. The molecule has 2 aliphatic heterocycles. The molecule has 0 saturated carbocycles. The molecule has 7 heteroatoms. The standard InChI is InChI=1S/C23H30N4O3/c1-13(2)26-22(28)18-12-25-27-6-5-16(9-19(18)27)11-24-23(29)21-10-17-7-14(3)15(4)8-20(17)30-21/h7-8,12-13,16,21H,5-6,9-11H2,1-4H3,(H,24,29)(H,26,28)/t16-,21-/m1/s1. The van der Waals surface area contributed by atoms with Gasteiger partial charge in [0.1, 0.15) is 5.75 Å². The van der Waals surface area contributed by atoms with Gasteiger partial charge in [0, 0.05) is 25.6 Å². The molecule has 4 rings (SSSR count). The van der Waals surface area contributed by atoms with E-state index in [0.717, 1.165) is 36.4 Å². The number of benzene rings is 1. The van der Waals surface area contributed by atoms with Crippen LogP contribution in [0.25, 0.3) is 0 Å². The van der Waals surface area contributed by atoms with Crippen molar-refractivity contribution in [2.45, 2.75) is 65.6 Å². The van der Waals surface area contributed by atoms with Crippen LogP contribution < -0.4 is 15.4 Å². The van der Waals surface area contributed by atoms with Gasteiger partial charge in [-0.2, -0.15) is 5.10 Å². The first-order valence-corrected chi connectivity index (χ1v) is 10.7. The third kappa shape index (κ3) is 4.06. The molecule has 0 aliphatic carbocycles. The molecule has 0 radical (unpaired) electrons. The molecule has 0 unspecified atom stereocenters. The van der Waals surface area contributed by atoms with Gasteiger partial charge >= 0.3 is 0 Å². The number of ether oxygens (including phenoxy) is 1. The smallest absolute Gasteiger partial charge is 0.261 e. The normalized spacial score (nSPS) is 19.8. The van der Waals surface area contributed by atoms with Gasteiger partial charge in [-0.25, -0.2) is 0 Å². The number of nitrogens with one attached hydrogen (secondary N) is 2. The first kappa shape index (κ1) is 20.4. The lowest BCUT2D eigenvalue weighted by Gasteiger charge is -2.25. The van der Waals surface area contributed by atoms with Gasteiger partial charge in [0.2, 0.25) is 0 Å². The van der Waals surface area contributed by atoms with Crippen LogP contribution in [-0.4, -0.2) is 40.3 Å². The van der Waals surface area contributed by atoms with Crippen LogP contribution in [0, 0.1) is 19.8 Å². The number of fused-ring (bicyclic) bond motifs is 2. The molecular formula is C23H30N4O3. The largest absolute Gasteiger partial charge is 0.480 e. The summed E-state index contributed by atoms with van der Waals surface area (Å²) in [5, 5.41) is 10.4. The van der Waals surface area contributed by atoms with Gasteiger partial charge in [-0.1, -0.05) is 6.07 Å². The second kappa shape index (κ2) is 8.13. The van der Waals surface area contributed by atoms with Crippen molar-refractivity contribution in [2.24, 2.45) is 5.92 Å². The van der Waals surface area contributed by atoms with Crippen molar-refractivity contribution in [3.05, 3.63) is 46.3 Å². The number of carbonyl (C=O) groups excluding carboxylic acids is 2. The third-order valence-electron chi connectivity index (χ3n) is 6.05. The van der Waals surface area contributed by atoms with E-state index in [1.54, 1.807) is 6.20 Å². The Morgan fingerprint density at radius 3 is 2.77 bits per heavy atom. The second-order valence-electron chi connectivity index (χ2n) is 8.82. The number of aryl methyl sites for hydroxylation is 3. The number of amides is 2. The molecule has 30 heavy (non-hydrogen) atoms. The summed E-state index contributed by atoms with van der Waals surface area (Å²) < 4.78 is 7.81. The van der Waals surface area contributed by atoms with Crippen LogP contribution in [0.5, 0.6) is 5.75 Å². The summed E-state index contributed by atoms with van der Waals surface area (Å²) in [6, 6.07) is 4.21. The highest BCUT2D eigenvalue weighted by Gasteiger charge is 2.31. The van der Waals surface area contributed by atoms with Crippen molar-refractivity contribution in [3.8, 4) is 5.75 Å². The number of hydrogen-bond acceptors (Lipinski definition) is 4. The van der Waals surface area contributed by atoms with Crippen LogP contribution in [0.3, 0.4) is 0 Å². The Morgan fingerprint density at radius 1 is 1.23 bits per heavy atom. The zero-order valence-electron chi connectivity index (χ0n) is 18.1. The summed E-state index contributed by atoms with van der Waals surface area (Å²) in [7, 11) is 0. The lowest BCUT2D eigenvalue weighted by molar-refractivity contribution is -0.127. The highest BCUT2D eigenvalue weighted by molar-refractivity contribution is 5.95. The molecule has 2 amide bonds. The lowest BCUT2D eigenvalue weighted by atomic mass is 9.94. The molecule has 2 aliphatic rings. The van der Waals surface area contributed by atoms with Gasteiger partial charge in [-0.05, 0) is 69.2 Å². The van der Waals surface area contributed by atoms with E-state index in [9.17, 15) is 9.59 Å². The average molecular weight is 411 g/mol. The molecule has 3 heterocycles. The van der Waals surface area contributed by atoms with E-state index in [1.165, 1.54) is 11.1 Å². The maximum atomic E-state index is 12.7. The van der Waals surface area contributed by atoms with Gasteiger partial charge in [0.15, 0.2) is 6.10 Å². The fourth-order valence-electron chi connectivity index (χ4n) is 4.22. The summed E-state index contributed by atoms with van der Waals surface area (Å²) in [5.41, 5.74) is 5.08. The highest BCUT2D eigenvalue weighted by Crippen LogP contribution is 2.31. The first-order valence-electron chi connectivity index (χ1n) is 10.7. The Labute approximate surface area is 177 Å². The van der Waals surface area contributed by atoms with E-state index in [0.29, 0.717) is 18.5 Å². The Morgan fingerprint density at radius 2 is 2.00 bits per heavy atom. The molecule has 2 atom stereocenters. The molecule has 0 spiro atoms. The fraction of sp³-hybridized carbons (Fsp3) is 0.522. The maximum absolute atomic E-state index is 12.7. The Kier molecular flexibility index (Phi) is 5.54. The van der Waals surface area contributed by atoms with Gasteiger partial charge in [-0.15, -0.1) is 0 Å². The van der Waals surface area contributed by atoms with Crippen molar-refractivity contribution in [3.63, 3.8) is 0 Å². The molecule has 2 aromatic rings. The summed E-state index contributed by atoms with van der Waals surface area (Å²) in [6.07, 6.45) is 3.44. The molecule has 0 saturated heterocycles. The zero-order chi connectivity index (χ0) is 21.4. The Bertz CT molecular complexity index is 948. The summed E-state index contributed by atoms with van der Waals surface area (Å²) >= 11 is 0. The molecule has 1 aromatic heterocycles. The number of hydrogen-bond donors (Lipinski definition) is 2. The van der Waals surface area contributed by atoms with Gasteiger partial charge in [-0.3, -0.25) is 14.3 Å². The molecule has 1 aromatic carbocycles. The summed E-state index contributed by atoms with van der Waals surface area (Å²) in [6.45, 7) is 9.34. The number of aromatic nitrogens is 2. The lowest BCUT2D eigenvalue weighted by Crippen LogP contribution is -2.41. The minimum absolute atomic E-state index is 0.0710. The van der Waals surface area contributed by atoms with E-state index >= 15 is 0 Å². The second-order valence-corrected chi connectivity index (χ2v) is 8.82. The van der Waals surface area contributed by atoms with Crippen LogP contribution in [0.15, 0.2) is 18.3 Å². The van der Waals surface area contributed by atoms with Gasteiger partial charge in [0.25, 0.3) is 11.8 Å². The number of rotatable bonds is 5. The average Bonchev–Trinajstić information content (AvgIpc) is 3.29. The van der Waals surface area contributed by atoms with Crippen LogP contribution in [0.1, 0.15) is 53.0 Å². The Balaban J connectivity index is 1.34. The quantitative estimate of drug-likeness (QED) is 0.792. The van der Waals surface area contributed by atoms with E-state index in [2.05, 4.69) is 35.6 Å². The SMILES string of the molecule is Cc1cc2c(cc1C)O[C@@H](C(=O)NC[C@@H]1CCn3ncc(C(=O)NC(C)C)c3C1)C2. The fourth-order valence-corrected chi connectivity index (χ4v) is 4.22. The topological polar surface area (TPSA) is 85.2 Å². The third-order valence-corrected chi connectivity index (χ3v) is 6.05. The Hall–Kier alpha value is -2.83. The minimum Gasteiger partial charge on any atom is -0.480 e. The first-order chi connectivity index (χ1) is 14.3. The van der Waals surface area contributed by atoms with Gasteiger partial charge in [0.05, 0.1) is 17.5 Å². The number of carbonyl (C=O) groups is 2. The predicted octanol–water partition coefficient (Wildman–Crippen LogP) is 2.32.